The van der Waals surface area contributed by atoms with Crippen molar-refractivity contribution in [1.29, 1.82) is 0 Å². The van der Waals surface area contributed by atoms with Crippen LogP contribution in [0.25, 0.3) is 0 Å². The molecule has 2 atom stereocenters. The molecule has 1 saturated heterocycles. The topological polar surface area (TPSA) is 55.6 Å². The zero-order valence-corrected chi connectivity index (χ0v) is 10.9. The van der Waals surface area contributed by atoms with Crippen LogP contribution in [0, 0.1) is 5.92 Å². The monoisotopic (exact) mass is 248 g/mol. The molecule has 1 heterocycles. The van der Waals surface area contributed by atoms with E-state index in [4.69, 9.17) is 10.5 Å². The number of rotatable bonds is 3. The van der Waals surface area contributed by atoms with Crippen molar-refractivity contribution >= 4 is 5.91 Å². The maximum absolute atomic E-state index is 12.4. The molecular formula is C14H20N2O2. The molecule has 1 amide bonds. The van der Waals surface area contributed by atoms with Gasteiger partial charge in [0.1, 0.15) is 5.75 Å². The summed E-state index contributed by atoms with van der Waals surface area (Å²) in [5.74, 6) is 1.23. The second-order valence-electron chi connectivity index (χ2n) is 4.80. The number of nitrogens with two attached hydrogens (primary N) is 1. The van der Waals surface area contributed by atoms with Crippen LogP contribution in [0.4, 0.5) is 0 Å². The summed E-state index contributed by atoms with van der Waals surface area (Å²) in [6, 6.07) is 7.43. The summed E-state index contributed by atoms with van der Waals surface area (Å²) in [7, 11) is 1.60. The van der Waals surface area contributed by atoms with Gasteiger partial charge in [-0.3, -0.25) is 4.79 Å². The molecule has 0 bridgehead atoms. The number of carbonyl (C=O) groups excluding carboxylic acids is 1. The normalized spacial score (nSPS) is 23.2. The molecule has 4 nitrogen and oxygen atoms in total. The van der Waals surface area contributed by atoms with Crippen LogP contribution in [-0.2, 0) is 0 Å². The van der Waals surface area contributed by atoms with E-state index in [2.05, 4.69) is 6.92 Å². The molecule has 0 radical (unpaired) electrons. The number of carbonyl (C=O) groups is 1. The fraction of sp³-hybridized carbons (Fsp3) is 0.500. The number of ether oxygens (including phenoxy) is 1. The summed E-state index contributed by atoms with van der Waals surface area (Å²) < 4.78 is 5.15. The average molecular weight is 248 g/mol. The van der Waals surface area contributed by atoms with Crippen molar-refractivity contribution in [2.75, 3.05) is 20.2 Å². The van der Waals surface area contributed by atoms with Gasteiger partial charge in [0.2, 0.25) is 0 Å². The zero-order chi connectivity index (χ0) is 13.1. The summed E-state index contributed by atoms with van der Waals surface area (Å²) in [6.07, 6.45) is 1.03. The number of amides is 1. The van der Waals surface area contributed by atoms with Crippen LogP contribution < -0.4 is 10.5 Å². The second-order valence-corrected chi connectivity index (χ2v) is 4.80. The molecule has 1 aliphatic heterocycles. The summed E-state index contributed by atoms with van der Waals surface area (Å²) in [6.45, 7) is 3.46. The average Bonchev–Trinajstić information content (AvgIpc) is 2.79. The Morgan fingerprint density at radius 1 is 1.56 bits per heavy atom. The molecule has 98 valence electrons. The van der Waals surface area contributed by atoms with Gasteiger partial charge in [-0.2, -0.15) is 0 Å². The molecule has 0 aliphatic carbocycles. The van der Waals surface area contributed by atoms with Gasteiger partial charge < -0.3 is 15.4 Å². The van der Waals surface area contributed by atoms with E-state index in [1.54, 1.807) is 13.2 Å². The first kappa shape index (κ1) is 12.9. The molecular weight excluding hydrogens is 228 g/mol. The molecule has 2 rings (SSSR count). The lowest BCUT2D eigenvalue weighted by Gasteiger charge is -2.25. The zero-order valence-electron chi connectivity index (χ0n) is 10.9. The highest BCUT2D eigenvalue weighted by Crippen LogP contribution is 2.25. The summed E-state index contributed by atoms with van der Waals surface area (Å²) in [5, 5.41) is 0. The Kier molecular flexibility index (Phi) is 3.87. The molecule has 1 aromatic carbocycles. The van der Waals surface area contributed by atoms with E-state index in [0.29, 0.717) is 23.8 Å². The molecule has 0 spiro atoms. The van der Waals surface area contributed by atoms with Gasteiger partial charge >= 0.3 is 0 Å². The van der Waals surface area contributed by atoms with Crippen LogP contribution in [0.1, 0.15) is 23.7 Å². The van der Waals surface area contributed by atoms with Gasteiger partial charge in [0, 0.05) is 24.7 Å². The molecule has 18 heavy (non-hydrogen) atoms. The van der Waals surface area contributed by atoms with Crippen LogP contribution in [0.5, 0.6) is 5.75 Å². The number of hydrogen-bond donors (Lipinski definition) is 1. The quantitative estimate of drug-likeness (QED) is 0.882. The lowest BCUT2D eigenvalue weighted by Crippen LogP contribution is -2.42. The van der Waals surface area contributed by atoms with E-state index in [9.17, 15) is 4.79 Å². The van der Waals surface area contributed by atoms with Gasteiger partial charge in [-0.05, 0) is 30.5 Å². The maximum Gasteiger partial charge on any atom is 0.254 e. The maximum atomic E-state index is 12.4. The smallest absolute Gasteiger partial charge is 0.254 e. The Bertz CT molecular complexity index is 434. The molecule has 2 unspecified atom stereocenters. The summed E-state index contributed by atoms with van der Waals surface area (Å²) >= 11 is 0. The number of methoxy groups -OCH3 is 1. The van der Waals surface area contributed by atoms with Crippen molar-refractivity contribution in [2.24, 2.45) is 11.7 Å². The number of likely N-dealkylation sites (tertiary alicyclic amines) is 1. The third-order valence-electron chi connectivity index (χ3n) is 3.70. The molecule has 0 saturated carbocycles. The van der Waals surface area contributed by atoms with E-state index < -0.39 is 0 Å². The van der Waals surface area contributed by atoms with E-state index in [1.165, 1.54) is 0 Å². The van der Waals surface area contributed by atoms with Gasteiger partial charge in [0.15, 0.2) is 0 Å². The van der Waals surface area contributed by atoms with Crippen molar-refractivity contribution in [3.05, 3.63) is 29.8 Å². The molecule has 2 N–H and O–H groups in total. The number of nitrogens with zero attached hydrogens (tertiary/aromatic N) is 1. The molecule has 1 aromatic rings. The highest BCUT2D eigenvalue weighted by molar-refractivity contribution is 5.95. The third kappa shape index (κ3) is 2.34. The molecule has 4 heteroatoms. The van der Waals surface area contributed by atoms with E-state index in [0.717, 1.165) is 13.0 Å². The van der Waals surface area contributed by atoms with E-state index in [-0.39, 0.29) is 11.9 Å². The third-order valence-corrected chi connectivity index (χ3v) is 3.70. The van der Waals surface area contributed by atoms with Crippen LogP contribution in [0.15, 0.2) is 24.3 Å². The Morgan fingerprint density at radius 2 is 2.33 bits per heavy atom. The van der Waals surface area contributed by atoms with Crippen LogP contribution in [-0.4, -0.2) is 37.0 Å². The minimum Gasteiger partial charge on any atom is -0.497 e. The number of hydrogen-bond acceptors (Lipinski definition) is 3. The van der Waals surface area contributed by atoms with Crippen LogP contribution in [0.3, 0.4) is 0 Å². The number of benzene rings is 1. The minimum atomic E-state index is 0.0497. The van der Waals surface area contributed by atoms with E-state index in [1.807, 2.05) is 23.1 Å². The van der Waals surface area contributed by atoms with Gasteiger partial charge in [0.25, 0.3) is 5.91 Å². The lowest BCUT2D eigenvalue weighted by atomic mass is 10.0. The fourth-order valence-corrected chi connectivity index (χ4v) is 2.54. The first-order valence-electron chi connectivity index (χ1n) is 6.32. The fourth-order valence-electron chi connectivity index (χ4n) is 2.54. The first-order chi connectivity index (χ1) is 8.67. The van der Waals surface area contributed by atoms with Gasteiger partial charge in [-0.15, -0.1) is 0 Å². The predicted octanol–water partition coefficient (Wildman–Crippen LogP) is 1.50. The predicted molar refractivity (Wildman–Crippen MR) is 70.7 cm³/mol. The highest BCUT2D eigenvalue weighted by atomic mass is 16.5. The van der Waals surface area contributed by atoms with Crippen LogP contribution >= 0.6 is 0 Å². The highest BCUT2D eigenvalue weighted by Gasteiger charge is 2.33. The Hall–Kier alpha value is -1.55. The van der Waals surface area contributed by atoms with Gasteiger partial charge in [-0.25, -0.2) is 0 Å². The molecule has 1 fully saturated rings. The summed E-state index contributed by atoms with van der Waals surface area (Å²) in [4.78, 5) is 14.3. The molecule has 1 aliphatic rings. The van der Waals surface area contributed by atoms with Crippen molar-refractivity contribution in [3.63, 3.8) is 0 Å². The largest absolute Gasteiger partial charge is 0.497 e. The lowest BCUT2D eigenvalue weighted by molar-refractivity contribution is 0.0727. The van der Waals surface area contributed by atoms with Crippen molar-refractivity contribution in [1.82, 2.24) is 4.90 Å². The Balaban J connectivity index is 2.20. The summed E-state index contributed by atoms with van der Waals surface area (Å²) in [5.41, 5.74) is 6.44. The Morgan fingerprint density at radius 3 is 3.00 bits per heavy atom. The van der Waals surface area contributed by atoms with Crippen molar-refractivity contribution in [2.45, 2.75) is 19.4 Å². The van der Waals surface area contributed by atoms with Gasteiger partial charge in [0.05, 0.1) is 7.11 Å². The second kappa shape index (κ2) is 5.40. The first-order valence-corrected chi connectivity index (χ1v) is 6.32. The molecule has 0 aromatic heterocycles. The Labute approximate surface area is 108 Å². The van der Waals surface area contributed by atoms with Crippen molar-refractivity contribution < 1.29 is 9.53 Å². The minimum absolute atomic E-state index is 0.0497. The standard InChI is InChI=1S/C14H20N2O2/c1-10-6-7-16(13(10)9-15)14(17)11-4-3-5-12(8-11)18-2/h3-5,8,10,13H,6-7,9,15H2,1-2H3. The van der Waals surface area contributed by atoms with E-state index >= 15 is 0 Å². The van der Waals surface area contributed by atoms with Crippen LogP contribution in [0.2, 0.25) is 0 Å². The SMILES string of the molecule is COc1cccc(C(=O)N2CCC(C)C2CN)c1. The van der Waals surface area contributed by atoms with Crippen molar-refractivity contribution in [3.8, 4) is 5.75 Å². The van der Waals surface area contributed by atoms with Gasteiger partial charge in [-0.1, -0.05) is 13.0 Å².